The number of guanidine groups is 1. The lowest BCUT2D eigenvalue weighted by atomic mass is 10.2. The van der Waals surface area contributed by atoms with Crippen LogP contribution in [0.5, 0.6) is 0 Å². The Bertz CT molecular complexity index is 294. The van der Waals surface area contributed by atoms with E-state index < -0.39 is 37.3 Å². The fourth-order valence-electron chi connectivity index (χ4n) is 0.341. The van der Waals surface area contributed by atoms with E-state index in [1.54, 1.807) is 0 Å². The lowest BCUT2D eigenvalue weighted by Gasteiger charge is -2.03. The van der Waals surface area contributed by atoms with E-state index in [1.165, 1.54) is 0 Å². The number of aliphatic carboxylic acids is 1. The van der Waals surface area contributed by atoms with E-state index in [9.17, 15) is 4.79 Å². The molecule has 0 bridgehead atoms. The number of carbonyl (C=O) groups is 1. The van der Waals surface area contributed by atoms with E-state index in [0.717, 1.165) is 0 Å². The van der Waals surface area contributed by atoms with Gasteiger partial charge in [0, 0.05) is 10.6 Å². The first kappa shape index (κ1) is 5.36. The van der Waals surface area contributed by atoms with E-state index in [4.69, 9.17) is 27.8 Å². The number of nitrogens with two attached hydrogens (primary N) is 3. The minimum Gasteiger partial charge on any atom is -0.480 e. The normalized spacial score (nSPS) is 23.4. The molecule has 0 rings (SSSR count). The largest absolute Gasteiger partial charge is 0.480 e. The van der Waals surface area contributed by atoms with E-state index in [2.05, 4.69) is 4.99 Å². The number of carboxylic acids is 1. The summed E-state index contributed by atoms with van der Waals surface area (Å²) in [6, 6.07) is -1.92. The summed E-state index contributed by atoms with van der Waals surface area (Å²) >= 11 is 0. The minimum atomic E-state index is -2.61. The fraction of sp³-hybridized carbons (Fsp3) is 0.667. The van der Waals surface area contributed by atoms with Crippen molar-refractivity contribution in [1.82, 2.24) is 0 Å². The molecule has 0 amide bonds. The first-order valence-corrected chi connectivity index (χ1v) is 3.02. The highest BCUT2D eigenvalue weighted by molar-refractivity contribution is 5.75. The van der Waals surface area contributed by atoms with Crippen molar-refractivity contribution in [1.29, 1.82) is 0 Å². The Morgan fingerprint density at radius 2 is 2.25 bits per heavy atom. The highest BCUT2D eigenvalue weighted by Gasteiger charge is 2.09. The summed E-state index contributed by atoms with van der Waals surface area (Å²) in [5.41, 5.74) is 15.0. The quantitative estimate of drug-likeness (QED) is 0.299. The van der Waals surface area contributed by atoms with Gasteiger partial charge in [0.25, 0.3) is 0 Å². The predicted octanol–water partition coefficient (Wildman–Crippen LogP) is -1.55. The summed E-state index contributed by atoms with van der Waals surface area (Å²) < 4.78 is 29.3. The van der Waals surface area contributed by atoms with Gasteiger partial charge in [0.15, 0.2) is 5.96 Å². The molecule has 0 aromatic heterocycles. The smallest absolute Gasteiger partial charge is 0.320 e. The average molecular weight is 178 g/mol. The van der Waals surface area contributed by atoms with Gasteiger partial charge in [-0.2, -0.15) is 0 Å². The third-order valence-corrected chi connectivity index (χ3v) is 0.840. The molecule has 3 atom stereocenters. The molecule has 0 aliphatic carbocycles. The van der Waals surface area contributed by atoms with Crippen LogP contribution in [0.1, 0.15) is 18.3 Å². The van der Waals surface area contributed by atoms with Gasteiger partial charge in [-0.05, 0) is 12.8 Å². The van der Waals surface area contributed by atoms with Crippen LogP contribution in [0.25, 0.3) is 0 Å². The Balaban J connectivity index is 4.88. The van der Waals surface area contributed by atoms with Crippen molar-refractivity contribution >= 4 is 11.9 Å². The maximum absolute atomic E-state index is 10.5. The van der Waals surface area contributed by atoms with E-state index in [-0.39, 0.29) is 0 Å². The van der Waals surface area contributed by atoms with Gasteiger partial charge < -0.3 is 22.3 Å². The van der Waals surface area contributed by atoms with Crippen LogP contribution in [-0.4, -0.2) is 29.6 Å². The second-order valence-corrected chi connectivity index (χ2v) is 1.85. The van der Waals surface area contributed by atoms with Gasteiger partial charge in [-0.25, -0.2) is 0 Å². The molecule has 0 aliphatic heterocycles. The van der Waals surface area contributed by atoms with Crippen LogP contribution in [0, 0.1) is 0 Å². The molecule has 12 heavy (non-hydrogen) atoms. The van der Waals surface area contributed by atoms with Crippen molar-refractivity contribution in [2.24, 2.45) is 22.2 Å². The molecule has 0 radical (unpaired) electrons. The Kier molecular flexibility index (Phi) is 2.40. The number of aliphatic imine (C=N–C) groups is 1. The summed E-state index contributed by atoms with van der Waals surface area (Å²) in [6.07, 6.45) is -4.42. The SMILES string of the molecule is [2H][C@H](N=C(N)N)[C@H]([2H])C([2H])([2H])[C@H](N)C(=O)O. The molecule has 0 unspecified atom stereocenters. The van der Waals surface area contributed by atoms with Crippen LogP contribution in [0.3, 0.4) is 0 Å². The highest BCUT2D eigenvalue weighted by Crippen LogP contribution is 1.94. The molecule has 0 saturated carbocycles. The minimum absolute atomic E-state index is 0.475. The van der Waals surface area contributed by atoms with Gasteiger partial charge in [0.05, 0.1) is 1.37 Å². The zero-order chi connectivity index (χ0) is 13.1. The van der Waals surface area contributed by atoms with Crippen molar-refractivity contribution in [2.45, 2.75) is 18.8 Å². The standard InChI is InChI=1S/C6H14N4O2/c7-4(5(11)12)2-1-3-10-6(8)9/h4H,1-3,7H2,(H,11,12)(H4,8,9,10)/t4-/m0/s1/i1D,2D2,3D/t1-,3+,4+/m1. The molecular weight excluding hydrogens is 160 g/mol. The average Bonchev–Trinajstić information content (AvgIpc) is 2.13. The van der Waals surface area contributed by atoms with E-state index >= 15 is 0 Å². The van der Waals surface area contributed by atoms with Crippen LogP contribution in [0.15, 0.2) is 4.99 Å². The second-order valence-electron chi connectivity index (χ2n) is 1.85. The van der Waals surface area contributed by atoms with Crippen molar-refractivity contribution in [2.75, 3.05) is 6.52 Å². The molecule has 0 fully saturated rings. The highest BCUT2D eigenvalue weighted by atomic mass is 16.4. The molecule has 0 heterocycles. The first-order valence-electron chi connectivity index (χ1n) is 5.17. The van der Waals surface area contributed by atoms with Gasteiger partial charge in [0.1, 0.15) is 6.04 Å². The molecule has 0 saturated heterocycles. The van der Waals surface area contributed by atoms with Crippen LogP contribution < -0.4 is 17.2 Å². The molecule has 7 N–H and O–H groups in total. The summed E-state index contributed by atoms with van der Waals surface area (Å²) in [7, 11) is 0. The van der Waals surface area contributed by atoms with Crippen LogP contribution in [0.2, 0.25) is 0 Å². The topological polar surface area (TPSA) is 128 Å². The Morgan fingerprint density at radius 1 is 1.67 bits per heavy atom. The molecule has 70 valence electrons. The Hall–Kier alpha value is -1.30. The third-order valence-electron chi connectivity index (χ3n) is 0.840. The van der Waals surface area contributed by atoms with Crippen LogP contribution in [0.4, 0.5) is 0 Å². The zero-order valence-corrected chi connectivity index (χ0v) is 6.27. The fourth-order valence-corrected chi connectivity index (χ4v) is 0.341. The molecule has 0 aliphatic rings. The van der Waals surface area contributed by atoms with Gasteiger partial charge >= 0.3 is 5.97 Å². The Labute approximate surface area is 76.1 Å². The number of hydrogen-bond donors (Lipinski definition) is 4. The van der Waals surface area contributed by atoms with Crippen LogP contribution >= 0.6 is 0 Å². The monoisotopic (exact) mass is 178 g/mol. The molecule has 0 aromatic carbocycles. The number of nitrogens with zero attached hydrogens (tertiary/aromatic N) is 1. The summed E-state index contributed by atoms with van der Waals surface area (Å²) in [5, 5.41) is 8.54. The van der Waals surface area contributed by atoms with Crippen LogP contribution in [-0.2, 0) is 4.79 Å². The molecule has 6 heteroatoms. The number of carboxylic acid groups (broad SMARTS) is 1. The lowest BCUT2D eigenvalue weighted by Crippen LogP contribution is -2.30. The van der Waals surface area contributed by atoms with Crippen molar-refractivity contribution < 1.29 is 15.4 Å². The third kappa shape index (κ3) is 5.48. The molecule has 0 aromatic rings. The summed E-state index contributed by atoms with van der Waals surface area (Å²) in [5.74, 6) is -2.07. The maximum Gasteiger partial charge on any atom is 0.320 e. The second kappa shape index (κ2) is 5.36. The lowest BCUT2D eigenvalue weighted by molar-refractivity contribution is -0.138. The zero-order valence-electron chi connectivity index (χ0n) is 10.3. The van der Waals surface area contributed by atoms with E-state index in [1.807, 2.05) is 0 Å². The molecule has 0 spiro atoms. The van der Waals surface area contributed by atoms with Crippen molar-refractivity contribution in [3.8, 4) is 0 Å². The summed E-state index contributed by atoms with van der Waals surface area (Å²) in [6.45, 7) is -1.63. The maximum atomic E-state index is 10.5. The van der Waals surface area contributed by atoms with Gasteiger partial charge in [0.2, 0.25) is 0 Å². The van der Waals surface area contributed by atoms with Crippen molar-refractivity contribution in [3.63, 3.8) is 0 Å². The van der Waals surface area contributed by atoms with Gasteiger partial charge in [-0.15, -0.1) is 0 Å². The van der Waals surface area contributed by atoms with Gasteiger partial charge in [-0.3, -0.25) is 9.79 Å². The Morgan fingerprint density at radius 3 is 2.67 bits per heavy atom. The van der Waals surface area contributed by atoms with E-state index in [0.29, 0.717) is 0 Å². The number of rotatable bonds is 5. The van der Waals surface area contributed by atoms with Gasteiger partial charge in [-0.1, -0.05) is 0 Å². The first-order chi connectivity index (χ1) is 7.10. The summed E-state index contributed by atoms with van der Waals surface area (Å²) in [4.78, 5) is 13.7. The molecular formula is C6H14N4O2. The van der Waals surface area contributed by atoms with Crippen molar-refractivity contribution in [3.05, 3.63) is 0 Å². The number of hydrogen-bond acceptors (Lipinski definition) is 3. The molecule has 6 nitrogen and oxygen atoms in total. The predicted molar refractivity (Wildman–Crippen MR) is 45.5 cm³/mol.